The van der Waals surface area contributed by atoms with Gasteiger partial charge in [-0.15, -0.1) is 11.3 Å². The number of hydrogen-bond acceptors (Lipinski definition) is 4. The fraction of sp³-hybridized carbons (Fsp3) is 0.318. The Kier molecular flexibility index (Phi) is 5.67. The van der Waals surface area contributed by atoms with E-state index in [1.165, 1.54) is 0 Å². The number of aromatic nitrogens is 1. The van der Waals surface area contributed by atoms with E-state index >= 15 is 0 Å². The number of carbonyl (C=O) groups excluding carboxylic acids is 2. The van der Waals surface area contributed by atoms with Gasteiger partial charge in [0.05, 0.1) is 5.56 Å². The second-order valence-corrected chi connectivity index (χ2v) is 8.16. The van der Waals surface area contributed by atoms with Crippen LogP contribution in [0.2, 0.25) is 0 Å². The maximum Gasteiger partial charge on any atom is 0.252 e. The molecule has 0 radical (unpaired) electrons. The summed E-state index contributed by atoms with van der Waals surface area (Å²) in [6.07, 6.45) is 6.75. The minimum absolute atomic E-state index is 0.0121. The third kappa shape index (κ3) is 4.22. The highest BCUT2D eigenvalue weighted by Crippen LogP contribution is 2.28. The molecular weight excluding hydrogens is 370 g/mol. The molecule has 2 N–H and O–H groups in total. The van der Waals surface area contributed by atoms with Gasteiger partial charge >= 0.3 is 0 Å². The zero-order chi connectivity index (χ0) is 19.3. The topological polar surface area (TPSA) is 71.1 Å². The Morgan fingerprint density at radius 1 is 1.07 bits per heavy atom. The lowest BCUT2D eigenvalue weighted by atomic mass is 9.85. The number of rotatable bonds is 5. The maximum atomic E-state index is 12.7. The fourth-order valence-electron chi connectivity index (χ4n) is 3.75. The van der Waals surface area contributed by atoms with Gasteiger partial charge < -0.3 is 10.6 Å². The van der Waals surface area contributed by atoms with Crippen LogP contribution in [0, 0.1) is 5.92 Å². The molecule has 1 fully saturated rings. The van der Waals surface area contributed by atoms with Gasteiger partial charge in [0.25, 0.3) is 5.91 Å². The van der Waals surface area contributed by atoms with Crippen molar-refractivity contribution >= 4 is 33.2 Å². The van der Waals surface area contributed by atoms with Gasteiger partial charge in [0.2, 0.25) is 5.91 Å². The Hall–Kier alpha value is -2.73. The highest BCUT2D eigenvalue weighted by atomic mass is 32.1. The van der Waals surface area contributed by atoms with Gasteiger partial charge in [0.15, 0.2) is 0 Å². The molecule has 1 saturated carbocycles. The molecule has 2 heterocycles. The molecule has 1 aromatic carbocycles. The average Bonchev–Trinajstić information content (AvgIpc) is 3.18. The second-order valence-electron chi connectivity index (χ2n) is 7.25. The summed E-state index contributed by atoms with van der Waals surface area (Å²) in [5.74, 6) is 0.103. The standard InChI is InChI=1S/C22H23N3O2S/c26-21(24-13-15-4-3-11-23-12-15)16-7-9-17(10-8-16)25-22(27)19-14-28-20-6-2-1-5-18(19)20/h1-6,11-12,14,16-17H,7-10,13H2,(H,24,26)(H,25,27). The Bertz CT molecular complexity index is 962. The van der Waals surface area contributed by atoms with Crippen molar-refractivity contribution in [3.05, 3.63) is 65.3 Å². The molecule has 2 aromatic heterocycles. The van der Waals surface area contributed by atoms with Crippen LogP contribution in [-0.2, 0) is 11.3 Å². The lowest BCUT2D eigenvalue weighted by Gasteiger charge is -2.28. The molecule has 3 aromatic rings. The van der Waals surface area contributed by atoms with Crippen molar-refractivity contribution < 1.29 is 9.59 Å². The fourth-order valence-corrected chi connectivity index (χ4v) is 4.69. The van der Waals surface area contributed by atoms with Gasteiger partial charge in [0.1, 0.15) is 0 Å². The maximum absolute atomic E-state index is 12.7. The molecule has 144 valence electrons. The number of fused-ring (bicyclic) bond motifs is 1. The van der Waals surface area contributed by atoms with E-state index in [0.717, 1.165) is 46.9 Å². The van der Waals surface area contributed by atoms with Crippen LogP contribution in [-0.4, -0.2) is 22.8 Å². The van der Waals surface area contributed by atoms with E-state index in [1.807, 2.05) is 41.8 Å². The van der Waals surface area contributed by atoms with Crippen LogP contribution in [0.1, 0.15) is 41.6 Å². The lowest BCUT2D eigenvalue weighted by Crippen LogP contribution is -2.40. The summed E-state index contributed by atoms with van der Waals surface area (Å²) in [4.78, 5) is 29.2. The van der Waals surface area contributed by atoms with E-state index in [0.29, 0.717) is 6.54 Å². The largest absolute Gasteiger partial charge is 0.352 e. The normalized spacial score (nSPS) is 19.3. The number of hydrogen-bond donors (Lipinski definition) is 2. The Labute approximate surface area is 168 Å². The summed E-state index contributed by atoms with van der Waals surface area (Å²) in [5.41, 5.74) is 1.75. The van der Waals surface area contributed by atoms with Crippen LogP contribution >= 0.6 is 11.3 Å². The van der Waals surface area contributed by atoms with E-state index in [2.05, 4.69) is 15.6 Å². The first-order valence-electron chi connectivity index (χ1n) is 9.64. The van der Waals surface area contributed by atoms with Gasteiger partial charge in [0, 0.05) is 46.4 Å². The summed E-state index contributed by atoms with van der Waals surface area (Å²) in [6, 6.07) is 11.9. The molecule has 6 heteroatoms. The van der Waals surface area contributed by atoms with Crippen LogP contribution in [0.4, 0.5) is 0 Å². The molecule has 0 bridgehead atoms. The molecule has 28 heavy (non-hydrogen) atoms. The zero-order valence-electron chi connectivity index (χ0n) is 15.6. The number of amides is 2. The minimum atomic E-state index is -0.0121. The Morgan fingerprint density at radius 3 is 2.68 bits per heavy atom. The molecular formula is C22H23N3O2S. The predicted octanol–water partition coefficient (Wildman–Crippen LogP) is 3.90. The average molecular weight is 394 g/mol. The zero-order valence-corrected chi connectivity index (χ0v) is 16.4. The number of nitrogens with one attached hydrogen (secondary N) is 2. The van der Waals surface area contributed by atoms with Crippen molar-refractivity contribution in [2.45, 2.75) is 38.3 Å². The molecule has 0 atom stereocenters. The Balaban J connectivity index is 1.27. The van der Waals surface area contributed by atoms with Gasteiger partial charge in [-0.1, -0.05) is 24.3 Å². The van der Waals surface area contributed by atoms with Crippen molar-refractivity contribution in [3.8, 4) is 0 Å². The first kappa shape index (κ1) is 18.6. The van der Waals surface area contributed by atoms with Crippen LogP contribution < -0.4 is 10.6 Å². The van der Waals surface area contributed by atoms with Crippen LogP contribution in [0.15, 0.2) is 54.2 Å². The molecule has 2 amide bonds. The van der Waals surface area contributed by atoms with Crippen LogP contribution in [0.25, 0.3) is 10.1 Å². The molecule has 0 unspecified atom stereocenters. The number of carbonyl (C=O) groups is 2. The van der Waals surface area contributed by atoms with Crippen molar-refractivity contribution in [1.82, 2.24) is 15.6 Å². The number of nitrogens with zero attached hydrogens (tertiary/aromatic N) is 1. The van der Waals surface area contributed by atoms with Crippen molar-refractivity contribution in [1.29, 1.82) is 0 Å². The quantitative estimate of drug-likeness (QED) is 0.691. The molecule has 5 nitrogen and oxygen atoms in total. The van der Waals surface area contributed by atoms with Crippen LogP contribution in [0.3, 0.4) is 0 Å². The number of pyridine rings is 1. The van der Waals surface area contributed by atoms with Gasteiger partial charge in [-0.2, -0.15) is 0 Å². The molecule has 0 spiro atoms. The molecule has 0 aliphatic heterocycles. The smallest absolute Gasteiger partial charge is 0.252 e. The van der Waals surface area contributed by atoms with E-state index in [1.54, 1.807) is 23.7 Å². The van der Waals surface area contributed by atoms with Crippen LogP contribution in [0.5, 0.6) is 0 Å². The van der Waals surface area contributed by atoms with E-state index in [9.17, 15) is 9.59 Å². The van der Waals surface area contributed by atoms with Gasteiger partial charge in [-0.25, -0.2) is 0 Å². The summed E-state index contributed by atoms with van der Waals surface area (Å²) >= 11 is 1.59. The SMILES string of the molecule is O=C(NC1CCC(C(=O)NCc2cccnc2)CC1)c1csc2ccccc12. The van der Waals surface area contributed by atoms with Gasteiger partial charge in [-0.3, -0.25) is 14.6 Å². The minimum Gasteiger partial charge on any atom is -0.352 e. The summed E-state index contributed by atoms with van der Waals surface area (Å²) < 4.78 is 1.13. The highest BCUT2D eigenvalue weighted by Gasteiger charge is 2.27. The van der Waals surface area contributed by atoms with Gasteiger partial charge in [-0.05, 0) is 43.4 Å². The number of benzene rings is 1. The molecule has 1 aliphatic carbocycles. The van der Waals surface area contributed by atoms with Crippen molar-refractivity contribution in [2.75, 3.05) is 0 Å². The Morgan fingerprint density at radius 2 is 1.89 bits per heavy atom. The van der Waals surface area contributed by atoms with E-state index in [4.69, 9.17) is 0 Å². The van der Waals surface area contributed by atoms with Crippen molar-refractivity contribution in [2.24, 2.45) is 5.92 Å². The van der Waals surface area contributed by atoms with Crippen molar-refractivity contribution in [3.63, 3.8) is 0 Å². The first-order valence-corrected chi connectivity index (χ1v) is 10.5. The molecule has 0 saturated heterocycles. The third-order valence-corrected chi connectivity index (χ3v) is 6.31. The third-order valence-electron chi connectivity index (χ3n) is 5.35. The second kappa shape index (κ2) is 8.52. The summed E-state index contributed by atoms with van der Waals surface area (Å²) in [6.45, 7) is 0.509. The van der Waals surface area contributed by atoms with E-state index < -0.39 is 0 Å². The molecule has 4 rings (SSSR count). The number of thiophene rings is 1. The highest BCUT2D eigenvalue weighted by molar-refractivity contribution is 7.17. The summed E-state index contributed by atoms with van der Waals surface area (Å²) in [5, 5.41) is 9.10. The molecule has 1 aliphatic rings. The summed E-state index contributed by atoms with van der Waals surface area (Å²) in [7, 11) is 0. The first-order chi connectivity index (χ1) is 13.7. The monoisotopic (exact) mass is 393 g/mol. The lowest BCUT2D eigenvalue weighted by molar-refractivity contribution is -0.126. The van der Waals surface area contributed by atoms with E-state index in [-0.39, 0.29) is 23.8 Å². The predicted molar refractivity (Wildman–Crippen MR) is 111 cm³/mol.